The van der Waals surface area contributed by atoms with Crippen LogP contribution in [0, 0.1) is 0 Å². The Balaban J connectivity index is 2.22. The Morgan fingerprint density at radius 2 is 2.29 bits per heavy atom. The van der Waals surface area contributed by atoms with Crippen LogP contribution in [0.5, 0.6) is 0 Å². The zero-order chi connectivity index (χ0) is 12.5. The minimum Gasteiger partial charge on any atom is -0.468 e. The Hall–Kier alpha value is -0.450. The summed E-state index contributed by atoms with van der Waals surface area (Å²) in [5.41, 5.74) is 0. The maximum atomic E-state index is 5.47. The Morgan fingerprint density at radius 1 is 1.47 bits per heavy atom. The van der Waals surface area contributed by atoms with Gasteiger partial charge in [-0.05, 0) is 50.7 Å². The molecule has 0 saturated carbocycles. The van der Waals surface area contributed by atoms with Crippen molar-refractivity contribution in [1.29, 1.82) is 0 Å². The highest BCUT2D eigenvalue weighted by molar-refractivity contribution is 7.99. The normalized spacial score (nSPS) is 13.2. The van der Waals surface area contributed by atoms with E-state index >= 15 is 0 Å². The van der Waals surface area contributed by atoms with Crippen molar-refractivity contribution in [3.63, 3.8) is 0 Å². The average molecular weight is 256 g/mol. The standard InChI is InChI=1S/C13H24N2OS/c1-4-17-10-6-8-14-11-12(15(2)3)13-7-5-9-16-13/h5,7,9,12,14H,4,6,8,10-11H2,1-3H3. The van der Waals surface area contributed by atoms with Crippen molar-refractivity contribution >= 4 is 11.8 Å². The quantitative estimate of drug-likeness (QED) is 0.688. The second kappa shape index (κ2) is 8.61. The van der Waals surface area contributed by atoms with Crippen LogP contribution < -0.4 is 5.32 Å². The monoisotopic (exact) mass is 256 g/mol. The zero-order valence-electron chi connectivity index (χ0n) is 11.1. The third-order valence-electron chi connectivity index (χ3n) is 2.68. The molecule has 1 aromatic rings. The van der Waals surface area contributed by atoms with E-state index in [2.05, 4.69) is 31.2 Å². The first kappa shape index (κ1) is 14.6. The lowest BCUT2D eigenvalue weighted by atomic mass is 10.2. The molecule has 3 nitrogen and oxygen atoms in total. The summed E-state index contributed by atoms with van der Waals surface area (Å²) in [5.74, 6) is 3.49. The first-order valence-electron chi connectivity index (χ1n) is 6.24. The predicted octanol–water partition coefficient (Wildman–Crippen LogP) is 2.62. The van der Waals surface area contributed by atoms with E-state index in [-0.39, 0.29) is 0 Å². The lowest BCUT2D eigenvalue weighted by molar-refractivity contribution is 0.251. The summed E-state index contributed by atoms with van der Waals surface area (Å²) >= 11 is 2.00. The Labute approximate surface area is 109 Å². The average Bonchev–Trinajstić information content (AvgIpc) is 2.81. The van der Waals surface area contributed by atoms with E-state index in [9.17, 15) is 0 Å². The van der Waals surface area contributed by atoms with Crippen LogP contribution in [0.4, 0.5) is 0 Å². The molecule has 1 aromatic heterocycles. The third-order valence-corrected chi connectivity index (χ3v) is 3.66. The van der Waals surface area contributed by atoms with E-state index in [1.807, 2.05) is 23.9 Å². The van der Waals surface area contributed by atoms with Crippen LogP contribution in [0.15, 0.2) is 22.8 Å². The molecule has 0 aliphatic carbocycles. The first-order chi connectivity index (χ1) is 8.25. The molecule has 0 saturated heterocycles. The molecule has 1 unspecified atom stereocenters. The molecule has 98 valence electrons. The van der Waals surface area contributed by atoms with Gasteiger partial charge in [0, 0.05) is 6.54 Å². The van der Waals surface area contributed by atoms with Crippen molar-refractivity contribution < 1.29 is 4.42 Å². The summed E-state index contributed by atoms with van der Waals surface area (Å²) in [6, 6.07) is 4.31. The molecule has 0 amide bonds. The Kier molecular flexibility index (Phi) is 7.40. The molecule has 0 aromatic carbocycles. The lowest BCUT2D eigenvalue weighted by Crippen LogP contribution is -2.31. The summed E-state index contributed by atoms with van der Waals surface area (Å²) in [5, 5.41) is 3.50. The van der Waals surface area contributed by atoms with Gasteiger partial charge in [0.15, 0.2) is 0 Å². The van der Waals surface area contributed by atoms with Crippen LogP contribution in [-0.2, 0) is 0 Å². The highest BCUT2D eigenvalue weighted by Crippen LogP contribution is 2.17. The van der Waals surface area contributed by atoms with Crippen LogP contribution in [-0.4, -0.2) is 43.6 Å². The smallest absolute Gasteiger partial charge is 0.122 e. The molecule has 0 radical (unpaired) electrons. The zero-order valence-corrected chi connectivity index (χ0v) is 11.9. The fourth-order valence-corrected chi connectivity index (χ4v) is 2.34. The SMILES string of the molecule is CCSCCCNCC(c1ccco1)N(C)C. The Bertz CT molecular complexity index is 275. The summed E-state index contributed by atoms with van der Waals surface area (Å²) in [6.45, 7) is 4.23. The highest BCUT2D eigenvalue weighted by Gasteiger charge is 2.15. The minimum absolute atomic E-state index is 0.323. The molecule has 4 heteroatoms. The van der Waals surface area contributed by atoms with Crippen LogP contribution in [0.3, 0.4) is 0 Å². The van der Waals surface area contributed by atoms with Gasteiger partial charge in [0.25, 0.3) is 0 Å². The lowest BCUT2D eigenvalue weighted by Gasteiger charge is -2.22. The second-order valence-corrected chi connectivity index (χ2v) is 5.64. The molecule has 1 atom stereocenters. The fourth-order valence-electron chi connectivity index (χ4n) is 1.70. The summed E-state index contributed by atoms with van der Waals surface area (Å²) in [4.78, 5) is 2.19. The topological polar surface area (TPSA) is 28.4 Å². The molecule has 0 fully saturated rings. The van der Waals surface area contributed by atoms with Gasteiger partial charge in [-0.2, -0.15) is 11.8 Å². The van der Waals surface area contributed by atoms with Crippen LogP contribution in [0.1, 0.15) is 25.1 Å². The molecule has 0 spiro atoms. The number of rotatable bonds is 9. The van der Waals surface area contributed by atoms with Crippen LogP contribution >= 0.6 is 11.8 Å². The molecule has 1 N–H and O–H groups in total. The van der Waals surface area contributed by atoms with E-state index in [4.69, 9.17) is 4.42 Å². The predicted molar refractivity (Wildman–Crippen MR) is 75.6 cm³/mol. The van der Waals surface area contributed by atoms with Gasteiger partial charge >= 0.3 is 0 Å². The van der Waals surface area contributed by atoms with Gasteiger partial charge in [-0.3, -0.25) is 4.90 Å². The summed E-state index contributed by atoms with van der Waals surface area (Å²) in [7, 11) is 4.17. The van der Waals surface area contributed by atoms with E-state index in [1.54, 1.807) is 6.26 Å². The largest absolute Gasteiger partial charge is 0.468 e. The fraction of sp³-hybridized carbons (Fsp3) is 0.692. The number of nitrogens with one attached hydrogen (secondary N) is 1. The van der Waals surface area contributed by atoms with Crippen molar-refractivity contribution in [3.05, 3.63) is 24.2 Å². The van der Waals surface area contributed by atoms with Crippen LogP contribution in [0.2, 0.25) is 0 Å². The summed E-state index contributed by atoms with van der Waals surface area (Å²) in [6.07, 6.45) is 2.97. The number of hydrogen-bond acceptors (Lipinski definition) is 4. The number of furan rings is 1. The summed E-state index contributed by atoms with van der Waals surface area (Å²) < 4.78 is 5.47. The van der Waals surface area contributed by atoms with E-state index < -0.39 is 0 Å². The highest BCUT2D eigenvalue weighted by atomic mass is 32.2. The van der Waals surface area contributed by atoms with Gasteiger partial charge < -0.3 is 9.73 Å². The molecule has 0 aliphatic rings. The first-order valence-corrected chi connectivity index (χ1v) is 7.39. The molecule has 1 heterocycles. The number of likely N-dealkylation sites (N-methyl/N-ethyl adjacent to an activating group) is 1. The van der Waals surface area contributed by atoms with Crippen molar-refractivity contribution in [2.75, 3.05) is 38.7 Å². The van der Waals surface area contributed by atoms with Crippen molar-refractivity contribution in [3.8, 4) is 0 Å². The molecular formula is C13H24N2OS. The van der Waals surface area contributed by atoms with Crippen molar-refractivity contribution in [2.24, 2.45) is 0 Å². The molecule has 0 aliphatic heterocycles. The van der Waals surface area contributed by atoms with Gasteiger partial charge in [-0.15, -0.1) is 0 Å². The number of nitrogens with zero attached hydrogens (tertiary/aromatic N) is 1. The van der Waals surface area contributed by atoms with Gasteiger partial charge in [-0.1, -0.05) is 6.92 Å². The number of thioether (sulfide) groups is 1. The molecular weight excluding hydrogens is 232 g/mol. The van der Waals surface area contributed by atoms with E-state index in [1.165, 1.54) is 17.9 Å². The van der Waals surface area contributed by atoms with E-state index in [0.29, 0.717) is 6.04 Å². The van der Waals surface area contributed by atoms with Crippen molar-refractivity contribution in [1.82, 2.24) is 10.2 Å². The van der Waals surface area contributed by atoms with Crippen LogP contribution in [0.25, 0.3) is 0 Å². The van der Waals surface area contributed by atoms with Gasteiger partial charge in [0.1, 0.15) is 5.76 Å². The third kappa shape index (κ3) is 5.61. The van der Waals surface area contributed by atoms with E-state index in [0.717, 1.165) is 18.8 Å². The second-order valence-electron chi connectivity index (χ2n) is 4.25. The Morgan fingerprint density at radius 3 is 2.88 bits per heavy atom. The minimum atomic E-state index is 0.323. The molecule has 1 rings (SSSR count). The number of hydrogen-bond donors (Lipinski definition) is 1. The van der Waals surface area contributed by atoms with Crippen molar-refractivity contribution in [2.45, 2.75) is 19.4 Å². The van der Waals surface area contributed by atoms with Gasteiger partial charge in [0.2, 0.25) is 0 Å². The maximum absolute atomic E-state index is 5.47. The maximum Gasteiger partial charge on any atom is 0.122 e. The molecule has 17 heavy (non-hydrogen) atoms. The van der Waals surface area contributed by atoms with Gasteiger partial charge in [-0.25, -0.2) is 0 Å². The molecule has 0 bridgehead atoms. The van der Waals surface area contributed by atoms with Gasteiger partial charge in [0.05, 0.1) is 12.3 Å².